The molecule has 106 valence electrons. The molecule has 1 amide bonds. The molecule has 0 radical (unpaired) electrons. The maximum atomic E-state index is 13.1. The van der Waals surface area contributed by atoms with Gasteiger partial charge in [-0.25, -0.2) is 4.39 Å². The first-order valence-electron chi connectivity index (χ1n) is 6.35. The van der Waals surface area contributed by atoms with E-state index in [4.69, 9.17) is 11.6 Å². The van der Waals surface area contributed by atoms with Gasteiger partial charge in [-0.3, -0.25) is 4.79 Å². The highest BCUT2D eigenvalue weighted by Crippen LogP contribution is 2.34. The van der Waals surface area contributed by atoms with Gasteiger partial charge in [-0.2, -0.15) is 0 Å². The summed E-state index contributed by atoms with van der Waals surface area (Å²) in [5.41, 5.74) is 0.709. The third kappa shape index (κ3) is 2.91. The quantitative estimate of drug-likeness (QED) is 0.749. The molecule has 0 unspecified atom stereocenters. The van der Waals surface area contributed by atoms with E-state index in [1.165, 1.54) is 23.5 Å². The topological polar surface area (TPSA) is 29.1 Å². The molecule has 0 fully saturated rings. The van der Waals surface area contributed by atoms with E-state index in [0.717, 1.165) is 10.1 Å². The minimum atomic E-state index is -0.318. The van der Waals surface area contributed by atoms with Crippen LogP contribution in [0.1, 0.15) is 15.2 Å². The largest absolute Gasteiger partial charge is 0.347 e. The average Bonchev–Trinajstić information content (AvgIpc) is 2.83. The molecule has 3 aromatic rings. The van der Waals surface area contributed by atoms with Gasteiger partial charge in [0.2, 0.25) is 0 Å². The Labute approximate surface area is 130 Å². The number of amides is 1. The van der Waals surface area contributed by atoms with Crippen LogP contribution in [0.15, 0.2) is 48.5 Å². The number of halogens is 2. The fraction of sp³-hybridized carbons (Fsp3) is 0.0625. The van der Waals surface area contributed by atoms with Crippen LogP contribution < -0.4 is 5.32 Å². The van der Waals surface area contributed by atoms with Crippen LogP contribution in [0.4, 0.5) is 4.39 Å². The van der Waals surface area contributed by atoms with Gasteiger partial charge in [-0.1, -0.05) is 41.9 Å². The van der Waals surface area contributed by atoms with Crippen LogP contribution in [0.3, 0.4) is 0 Å². The highest BCUT2D eigenvalue weighted by molar-refractivity contribution is 7.21. The third-order valence-corrected chi connectivity index (χ3v) is 4.76. The Hall–Kier alpha value is -1.91. The number of fused-ring (bicyclic) bond motifs is 1. The van der Waals surface area contributed by atoms with E-state index < -0.39 is 0 Å². The van der Waals surface area contributed by atoms with Crippen molar-refractivity contribution in [3.05, 3.63) is 69.8 Å². The third-order valence-electron chi connectivity index (χ3n) is 3.08. The Balaban J connectivity index is 1.79. The van der Waals surface area contributed by atoms with Crippen molar-refractivity contribution in [1.29, 1.82) is 0 Å². The maximum absolute atomic E-state index is 13.1. The van der Waals surface area contributed by atoms with Crippen molar-refractivity contribution in [2.24, 2.45) is 0 Å². The molecule has 1 aromatic heterocycles. The first kappa shape index (κ1) is 14.0. The van der Waals surface area contributed by atoms with E-state index in [1.807, 2.05) is 24.3 Å². The number of carbonyl (C=O) groups excluding carboxylic acids is 1. The molecule has 2 nitrogen and oxygen atoms in total. The molecular formula is C16H11ClFNOS. The lowest BCUT2D eigenvalue weighted by molar-refractivity contribution is 0.0955. The van der Waals surface area contributed by atoms with E-state index in [1.54, 1.807) is 12.1 Å². The zero-order chi connectivity index (χ0) is 14.8. The van der Waals surface area contributed by atoms with Crippen molar-refractivity contribution in [2.45, 2.75) is 6.54 Å². The summed E-state index contributed by atoms with van der Waals surface area (Å²) in [6.07, 6.45) is 0. The number of hydrogen-bond donors (Lipinski definition) is 1. The van der Waals surface area contributed by atoms with Crippen LogP contribution in [-0.4, -0.2) is 5.91 Å². The van der Waals surface area contributed by atoms with Gasteiger partial charge in [-0.05, 0) is 23.8 Å². The summed E-state index contributed by atoms with van der Waals surface area (Å²) in [5.74, 6) is -0.563. The molecule has 0 saturated heterocycles. The number of carbonyl (C=O) groups is 1. The van der Waals surface area contributed by atoms with Crippen molar-refractivity contribution in [3.63, 3.8) is 0 Å². The molecule has 5 heteroatoms. The van der Waals surface area contributed by atoms with E-state index in [9.17, 15) is 9.18 Å². The molecule has 0 bridgehead atoms. The van der Waals surface area contributed by atoms with E-state index >= 15 is 0 Å². The number of thiophene rings is 1. The first-order valence-corrected chi connectivity index (χ1v) is 7.54. The molecule has 0 spiro atoms. The molecule has 0 saturated carbocycles. The summed E-state index contributed by atoms with van der Waals surface area (Å²) < 4.78 is 14.1. The van der Waals surface area contributed by atoms with Crippen LogP contribution in [0, 0.1) is 5.82 Å². The molecular weight excluding hydrogens is 309 g/mol. The van der Waals surface area contributed by atoms with Gasteiger partial charge in [-0.15, -0.1) is 11.3 Å². The van der Waals surface area contributed by atoms with Crippen LogP contribution in [0.2, 0.25) is 5.02 Å². The van der Waals surface area contributed by atoms with E-state index in [2.05, 4.69) is 5.32 Å². The number of hydrogen-bond acceptors (Lipinski definition) is 2. The number of rotatable bonds is 3. The molecule has 0 aliphatic carbocycles. The van der Waals surface area contributed by atoms with Crippen molar-refractivity contribution in [2.75, 3.05) is 0 Å². The lowest BCUT2D eigenvalue weighted by Crippen LogP contribution is -2.22. The SMILES string of the molecule is O=C(NCc1cccc(F)c1)c1sc2ccccc2c1Cl. The van der Waals surface area contributed by atoms with Crippen LogP contribution >= 0.6 is 22.9 Å². The standard InChI is InChI=1S/C16H11ClFNOS/c17-14-12-6-1-2-7-13(12)21-15(14)16(20)19-9-10-4-3-5-11(18)8-10/h1-8H,9H2,(H,19,20). The van der Waals surface area contributed by atoms with Gasteiger partial charge in [0, 0.05) is 16.6 Å². The monoisotopic (exact) mass is 319 g/mol. The van der Waals surface area contributed by atoms with Crippen molar-refractivity contribution >= 4 is 38.9 Å². The van der Waals surface area contributed by atoms with Gasteiger partial charge in [0.05, 0.1) is 5.02 Å². The van der Waals surface area contributed by atoms with Gasteiger partial charge in [0.25, 0.3) is 5.91 Å². The fourth-order valence-electron chi connectivity index (χ4n) is 2.07. The second-order valence-corrected chi connectivity index (χ2v) is 5.98. The zero-order valence-corrected chi connectivity index (χ0v) is 12.5. The summed E-state index contributed by atoms with van der Waals surface area (Å²) in [6.45, 7) is 0.265. The lowest BCUT2D eigenvalue weighted by Gasteiger charge is -2.04. The van der Waals surface area contributed by atoms with Gasteiger partial charge >= 0.3 is 0 Å². The Morgan fingerprint density at radius 3 is 2.76 bits per heavy atom. The Morgan fingerprint density at radius 1 is 1.19 bits per heavy atom. The summed E-state index contributed by atoms with van der Waals surface area (Å²) in [7, 11) is 0. The smallest absolute Gasteiger partial charge is 0.263 e. The Kier molecular flexibility index (Phi) is 3.90. The fourth-order valence-corrected chi connectivity index (χ4v) is 3.50. The molecule has 0 aliphatic heterocycles. The minimum absolute atomic E-state index is 0.245. The molecule has 0 atom stereocenters. The highest BCUT2D eigenvalue weighted by atomic mass is 35.5. The Morgan fingerprint density at radius 2 is 2.00 bits per heavy atom. The number of benzene rings is 2. The molecule has 1 N–H and O–H groups in total. The van der Waals surface area contributed by atoms with E-state index in [0.29, 0.717) is 15.5 Å². The molecule has 2 aromatic carbocycles. The van der Waals surface area contributed by atoms with Crippen LogP contribution in [0.25, 0.3) is 10.1 Å². The predicted molar refractivity (Wildman–Crippen MR) is 84.4 cm³/mol. The predicted octanol–water partition coefficient (Wildman–Crippen LogP) is 4.62. The van der Waals surface area contributed by atoms with Crippen LogP contribution in [-0.2, 0) is 6.54 Å². The summed E-state index contributed by atoms with van der Waals surface area (Å²) in [6, 6.07) is 13.7. The lowest BCUT2D eigenvalue weighted by atomic mass is 10.2. The molecule has 0 aliphatic rings. The van der Waals surface area contributed by atoms with Gasteiger partial charge < -0.3 is 5.32 Å². The molecule has 1 heterocycles. The normalized spacial score (nSPS) is 10.8. The molecule has 21 heavy (non-hydrogen) atoms. The van der Waals surface area contributed by atoms with Crippen LogP contribution in [0.5, 0.6) is 0 Å². The molecule has 3 rings (SSSR count). The summed E-state index contributed by atoms with van der Waals surface area (Å²) in [5, 5.41) is 4.10. The minimum Gasteiger partial charge on any atom is -0.347 e. The highest BCUT2D eigenvalue weighted by Gasteiger charge is 2.16. The first-order chi connectivity index (χ1) is 10.1. The van der Waals surface area contributed by atoms with Crippen molar-refractivity contribution in [1.82, 2.24) is 5.32 Å². The average molecular weight is 320 g/mol. The van der Waals surface area contributed by atoms with E-state index in [-0.39, 0.29) is 18.3 Å². The summed E-state index contributed by atoms with van der Waals surface area (Å²) >= 11 is 7.60. The Bertz CT molecular complexity index is 815. The van der Waals surface area contributed by atoms with Crippen molar-refractivity contribution in [3.8, 4) is 0 Å². The summed E-state index contributed by atoms with van der Waals surface area (Å²) in [4.78, 5) is 12.7. The van der Waals surface area contributed by atoms with Gasteiger partial charge in [0.15, 0.2) is 0 Å². The maximum Gasteiger partial charge on any atom is 0.263 e. The zero-order valence-electron chi connectivity index (χ0n) is 10.9. The number of nitrogens with one attached hydrogen (secondary N) is 1. The van der Waals surface area contributed by atoms with Crippen molar-refractivity contribution < 1.29 is 9.18 Å². The second kappa shape index (κ2) is 5.84. The second-order valence-electron chi connectivity index (χ2n) is 4.55. The van der Waals surface area contributed by atoms with Gasteiger partial charge in [0.1, 0.15) is 10.7 Å².